The van der Waals surface area contributed by atoms with Crippen molar-refractivity contribution in [2.75, 3.05) is 10.7 Å². The van der Waals surface area contributed by atoms with Crippen LogP contribution in [-0.2, 0) is 6.42 Å². The van der Waals surface area contributed by atoms with Gasteiger partial charge in [0.15, 0.2) is 0 Å². The predicted octanol–water partition coefficient (Wildman–Crippen LogP) is 13.8. The summed E-state index contributed by atoms with van der Waals surface area (Å²) in [6, 6.07) is 55.9. The molecule has 1 aromatic heterocycles. The van der Waals surface area contributed by atoms with Crippen molar-refractivity contribution < 1.29 is 0 Å². The Bertz CT molecular complexity index is 2520. The molecule has 1 aliphatic rings. The molecule has 1 nitrogen and oxygen atoms in total. The van der Waals surface area contributed by atoms with Crippen LogP contribution in [0.5, 0.6) is 0 Å². The maximum absolute atomic E-state index is 2.46. The van der Waals surface area contributed by atoms with Gasteiger partial charge in [-0.05, 0) is 94.0 Å². The summed E-state index contributed by atoms with van der Waals surface area (Å²) in [5.74, 6) is 0.975. The molecule has 0 fully saturated rings. The van der Waals surface area contributed by atoms with Crippen molar-refractivity contribution in [3.8, 4) is 22.3 Å². The molecule has 0 atom stereocenters. The number of allylic oxidation sites excluding steroid dienone is 3. The molecule has 0 saturated carbocycles. The minimum absolute atomic E-state index is 0.910. The molecule has 9 rings (SSSR count). The molecule has 0 unspecified atom stereocenters. The number of nitrogens with zero attached hydrogens (tertiary/aromatic N) is 1. The molecule has 49 heavy (non-hydrogen) atoms. The molecule has 3 heteroatoms. The molecule has 8 aromatic rings. The van der Waals surface area contributed by atoms with Crippen molar-refractivity contribution in [3.05, 3.63) is 182 Å². The summed E-state index contributed by atoms with van der Waals surface area (Å²) in [6.07, 6.45) is 9.76. The fraction of sp³-hybridized carbons (Fsp3) is 0.0435. The lowest BCUT2D eigenvalue weighted by molar-refractivity contribution is 1.18. The fourth-order valence-corrected chi connectivity index (χ4v) is 9.01. The molecule has 7 aromatic carbocycles. The molecular weight excluding hydrogens is 631 g/mol. The van der Waals surface area contributed by atoms with Crippen molar-refractivity contribution in [1.82, 2.24) is 0 Å². The molecule has 0 saturated heterocycles. The number of thiophene rings is 1. The minimum atomic E-state index is 0.910. The van der Waals surface area contributed by atoms with E-state index >= 15 is 0 Å². The van der Waals surface area contributed by atoms with Crippen LogP contribution in [0.3, 0.4) is 0 Å². The lowest BCUT2D eigenvalue weighted by Crippen LogP contribution is -2.11. The van der Waals surface area contributed by atoms with E-state index in [0.29, 0.717) is 0 Å². The third kappa shape index (κ3) is 5.65. The first-order valence-corrected chi connectivity index (χ1v) is 18.6. The maximum Gasteiger partial charge on any atom is 0.0546 e. The molecule has 0 bridgehead atoms. The van der Waals surface area contributed by atoms with Gasteiger partial charge in [-0.3, -0.25) is 0 Å². The van der Waals surface area contributed by atoms with Crippen LogP contribution in [0.2, 0.25) is 0 Å². The second-order valence-electron chi connectivity index (χ2n) is 12.4. The van der Waals surface area contributed by atoms with Crippen LogP contribution in [0.25, 0.3) is 53.2 Å². The Labute approximate surface area is 295 Å². The van der Waals surface area contributed by atoms with E-state index in [2.05, 4.69) is 181 Å². The van der Waals surface area contributed by atoms with Gasteiger partial charge in [0.2, 0.25) is 0 Å². The second-order valence-corrected chi connectivity index (χ2v) is 14.5. The molecule has 0 aliphatic carbocycles. The van der Waals surface area contributed by atoms with Crippen molar-refractivity contribution in [2.45, 2.75) is 11.3 Å². The topological polar surface area (TPSA) is 3.24 Å². The van der Waals surface area contributed by atoms with E-state index in [9.17, 15) is 0 Å². The van der Waals surface area contributed by atoms with Crippen molar-refractivity contribution in [1.29, 1.82) is 0 Å². The quantitative estimate of drug-likeness (QED) is 0.180. The first-order valence-electron chi connectivity index (χ1n) is 16.8. The highest BCUT2D eigenvalue weighted by atomic mass is 32.2. The summed E-state index contributed by atoms with van der Waals surface area (Å²) in [5, 5.41) is 5.09. The zero-order chi connectivity index (χ0) is 32.6. The number of rotatable bonds is 5. The molecule has 0 amide bonds. The van der Waals surface area contributed by atoms with Gasteiger partial charge in [0.1, 0.15) is 0 Å². The first-order chi connectivity index (χ1) is 24.3. The lowest BCUT2D eigenvalue weighted by atomic mass is 9.93. The number of hydrogen-bond donors (Lipinski definition) is 0. The normalized spacial score (nSPS) is 12.9. The molecule has 1 aliphatic heterocycles. The van der Waals surface area contributed by atoms with Crippen molar-refractivity contribution in [3.63, 3.8) is 0 Å². The lowest BCUT2D eigenvalue weighted by Gasteiger charge is -2.29. The predicted molar refractivity (Wildman–Crippen MR) is 215 cm³/mol. The average molecular weight is 664 g/mol. The standard InChI is InChI=1S/C46H33NS2/c1-2-11-29-48-43-27-22-36(30-35(43)15-4-1)46-39-16-8-7-14-34(39)21-26-42(46)47(37-23-19-33(20-24-37)32-12-5-3-6-13-32)38-25-28-45-41(31-38)40-17-9-10-18-44(40)49-45/h1-14,16-28,30-31H,15,29H2. The van der Waals surface area contributed by atoms with E-state index in [1.807, 2.05) is 23.1 Å². The zero-order valence-electron chi connectivity index (χ0n) is 26.9. The van der Waals surface area contributed by atoms with Crippen LogP contribution in [0.4, 0.5) is 17.1 Å². The van der Waals surface area contributed by atoms with Crippen LogP contribution >= 0.6 is 23.1 Å². The third-order valence-electron chi connectivity index (χ3n) is 9.40. The Kier molecular flexibility index (Phi) is 7.85. The number of thioether (sulfide) groups is 1. The molecule has 2 heterocycles. The van der Waals surface area contributed by atoms with Gasteiger partial charge in [-0.25, -0.2) is 0 Å². The van der Waals surface area contributed by atoms with E-state index in [1.165, 1.54) is 63.7 Å². The minimum Gasteiger partial charge on any atom is -0.310 e. The van der Waals surface area contributed by atoms with Crippen LogP contribution in [0.15, 0.2) is 181 Å². The second kappa shape index (κ2) is 12.9. The number of benzene rings is 7. The molecule has 0 radical (unpaired) electrons. The van der Waals surface area contributed by atoms with Gasteiger partial charge in [-0.1, -0.05) is 121 Å². The van der Waals surface area contributed by atoms with Crippen molar-refractivity contribution >= 4 is 71.1 Å². The summed E-state index contributed by atoms with van der Waals surface area (Å²) >= 11 is 3.78. The summed E-state index contributed by atoms with van der Waals surface area (Å²) < 4.78 is 2.62. The van der Waals surface area contributed by atoms with Gasteiger partial charge in [0, 0.05) is 47.8 Å². The molecule has 0 spiro atoms. The van der Waals surface area contributed by atoms with Crippen molar-refractivity contribution in [2.24, 2.45) is 0 Å². The summed E-state index contributed by atoms with van der Waals surface area (Å²) in [7, 11) is 0. The SMILES string of the molecule is C1=CCSc2ccc(-c3c(N(c4ccc(-c5ccccc5)cc4)c4ccc5sc6ccccc6c5c4)ccc4ccccc34)cc2CC=C1. The van der Waals surface area contributed by atoms with Gasteiger partial charge in [-0.2, -0.15) is 0 Å². The van der Waals surface area contributed by atoms with E-state index in [-0.39, 0.29) is 0 Å². The highest BCUT2D eigenvalue weighted by Crippen LogP contribution is 2.47. The Balaban J connectivity index is 1.28. The summed E-state index contributed by atoms with van der Waals surface area (Å²) in [6.45, 7) is 0. The summed E-state index contributed by atoms with van der Waals surface area (Å²) in [4.78, 5) is 3.81. The fourth-order valence-electron chi connectivity index (χ4n) is 7.04. The molecular formula is C46H33NS2. The molecule has 0 N–H and O–H groups in total. The Hall–Kier alpha value is -5.35. The Morgan fingerprint density at radius 3 is 2.10 bits per heavy atom. The zero-order valence-corrected chi connectivity index (χ0v) is 28.6. The van der Waals surface area contributed by atoms with E-state index in [0.717, 1.165) is 29.2 Å². The maximum atomic E-state index is 2.46. The van der Waals surface area contributed by atoms with Crippen LogP contribution in [0.1, 0.15) is 5.56 Å². The highest BCUT2D eigenvalue weighted by molar-refractivity contribution is 7.99. The highest BCUT2D eigenvalue weighted by Gasteiger charge is 2.21. The van der Waals surface area contributed by atoms with Gasteiger partial charge in [0.25, 0.3) is 0 Å². The van der Waals surface area contributed by atoms with Gasteiger partial charge in [0.05, 0.1) is 5.69 Å². The Morgan fingerprint density at radius 1 is 0.490 bits per heavy atom. The Morgan fingerprint density at radius 2 is 1.20 bits per heavy atom. The number of fused-ring (bicyclic) bond motifs is 5. The van der Waals surface area contributed by atoms with E-state index in [4.69, 9.17) is 0 Å². The van der Waals surface area contributed by atoms with Crippen LogP contribution in [0, 0.1) is 0 Å². The number of anilines is 3. The van der Waals surface area contributed by atoms with E-state index < -0.39 is 0 Å². The number of hydrogen-bond acceptors (Lipinski definition) is 3. The van der Waals surface area contributed by atoms with Crippen LogP contribution in [-0.4, -0.2) is 5.75 Å². The van der Waals surface area contributed by atoms with Gasteiger partial charge in [-0.15, -0.1) is 23.1 Å². The van der Waals surface area contributed by atoms with E-state index in [1.54, 1.807) is 0 Å². The summed E-state index contributed by atoms with van der Waals surface area (Å²) in [5.41, 5.74) is 9.71. The monoisotopic (exact) mass is 663 g/mol. The first kappa shape index (κ1) is 29.8. The largest absolute Gasteiger partial charge is 0.310 e. The average Bonchev–Trinajstić information content (AvgIpc) is 3.58. The van der Waals surface area contributed by atoms with Gasteiger partial charge >= 0.3 is 0 Å². The third-order valence-corrected chi connectivity index (χ3v) is 11.6. The smallest absolute Gasteiger partial charge is 0.0546 e. The van der Waals surface area contributed by atoms with Crippen LogP contribution < -0.4 is 4.90 Å². The van der Waals surface area contributed by atoms with Gasteiger partial charge < -0.3 is 4.90 Å². The molecule has 234 valence electrons.